The van der Waals surface area contributed by atoms with Crippen molar-refractivity contribution in [2.75, 3.05) is 19.0 Å². The van der Waals surface area contributed by atoms with Gasteiger partial charge in [0.1, 0.15) is 11.8 Å². The van der Waals surface area contributed by atoms with E-state index >= 15 is 0 Å². The summed E-state index contributed by atoms with van der Waals surface area (Å²) in [6.45, 7) is 4.39. The fourth-order valence-corrected chi connectivity index (χ4v) is 2.82. The zero-order chi connectivity index (χ0) is 18.9. The number of methoxy groups -OCH3 is 1. The number of ether oxygens (including phenoxy) is 2. The smallest absolute Gasteiger partial charge is 0.328 e. The first-order valence-electron chi connectivity index (χ1n) is 8.48. The summed E-state index contributed by atoms with van der Waals surface area (Å²) in [6.07, 6.45) is 0. The molecular formula is C20H24N2O3S. The molecule has 0 aliphatic carbocycles. The first-order valence-corrected chi connectivity index (χ1v) is 8.88. The van der Waals surface area contributed by atoms with Gasteiger partial charge < -0.3 is 19.7 Å². The van der Waals surface area contributed by atoms with Crippen LogP contribution >= 0.6 is 12.2 Å². The van der Waals surface area contributed by atoms with E-state index in [1.54, 1.807) is 21.0 Å². The summed E-state index contributed by atoms with van der Waals surface area (Å²) in [5.74, 6) is 0.367. The number of hydrogen-bond donors (Lipinski definition) is 1. The maximum atomic E-state index is 12.3. The molecule has 1 unspecified atom stereocenters. The molecule has 0 bridgehead atoms. The van der Waals surface area contributed by atoms with E-state index < -0.39 is 6.04 Å². The Kier molecular flexibility index (Phi) is 7.41. The molecule has 0 aromatic heterocycles. The number of hydrogen-bond acceptors (Lipinski definition) is 4. The normalized spacial score (nSPS) is 11.3. The SMILES string of the molecule is CCOC(=O)C(C)N(Cc1ccccc1)C(=S)Nc1ccccc1OC. The van der Waals surface area contributed by atoms with Crippen molar-refractivity contribution in [3.8, 4) is 5.75 Å². The summed E-state index contributed by atoms with van der Waals surface area (Å²) in [6, 6.07) is 16.8. The fraction of sp³-hybridized carbons (Fsp3) is 0.300. The molecule has 2 rings (SSSR count). The second-order valence-electron chi connectivity index (χ2n) is 5.67. The number of thiocarbonyl (C=S) groups is 1. The minimum absolute atomic E-state index is 0.312. The third kappa shape index (κ3) is 5.20. The molecule has 5 nitrogen and oxygen atoms in total. The molecule has 2 aromatic carbocycles. The van der Waals surface area contributed by atoms with E-state index in [1.165, 1.54) is 0 Å². The maximum Gasteiger partial charge on any atom is 0.328 e. The van der Waals surface area contributed by atoms with Crippen molar-refractivity contribution >= 4 is 29.0 Å². The van der Waals surface area contributed by atoms with Gasteiger partial charge in [-0.15, -0.1) is 0 Å². The summed E-state index contributed by atoms with van der Waals surface area (Å²) in [7, 11) is 1.60. The van der Waals surface area contributed by atoms with Gasteiger partial charge in [0, 0.05) is 6.54 Å². The first-order chi connectivity index (χ1) is 12.6. The summed E-state index contributed by atoms with van der Waals surface area (Å²) < 4.78 is 10.5. The Labute approximate surface area is 159 Å². The number of nitrogens with zero attached hydrogens (tertiary/aromatic N) is 1. The molecule has 0 spiro atoms. The van der Waals surface area contributed by atoms with Gasteiger partial charge in [-0.25, -0.2) is 4.79 Å². The Hall–Kier alpha value is -2.60. The van der Waals surface area contributed by atoms with Crippen LogP contribution in [0, 0.1) is 0 Å². The molecule has 0 aliphatic heterocycles. The quantitative estimate of drug-likeness (QED) is 0.589. The van der Waals surface area contributed by atoms with Crippen molar-refractivity contribution in [2.24, 2.45) is 0 Å². The van der Waals surface area contributed by atoms with Crippen LogP contribution in [0.2, 0.25) is 0 Å². The van der Waals surface area contributed by atoms with Crippen LogP contribution in [0.1, 0.15) is 19.4 Å². The third-order valence-electron chi connectivity index (χ3n) is 3.90. The van der Waals surface area contributed by atoms with E-state index in [0.29, 0.717) is 24.0 Å². The summed E-state index contributed by atoms with van der Waals surface area (Å²) >= 11 is 5.60. The van der Waals surface area contributed by atoms with E-state index in [9.17, 15) is 4.79 Å². The number of esters is 1. The van der Waals surface area contributed by atoms with Gasteiger partial charge in [0.15, 0.2) is 5.11 Å². The highest BCUT2D eigenvalue weighted by molar-refractivity contribution is 7.80. The predicted molar refractivity (Wildman–Crippen MR) is 107 cm³/mol. The van der Waals surface area contributed by atoms with E-state index in [1.807, 2.05) is 59.5 Å². The Morgan fingerprint density at radius 1 is 1.15 bits per heavy atom. The maximum absolute atomic E-state index is 12.3. The summed E-state index contributed by atoms with van der Waals surface area (Å²) in [5.41, 5.74) is 1.79. The molecule has 1 atom stereocenters. The van der Waals surface area contributed by atoms with E-state index in [2.05, 4.69) is 5.32 Å². The minimum atomic E-state index is -0.523. The van der Waals surface area contributed by atoms with Gasteiger partial charge in [-0.2, -0.15) is 0 Å². The van der Waals surface area contributed by atoms with Crippen molar-refractivity contribution in [2.45, 2.75) is 26.4 Å². The number of nitrogens with one attached hydrogen (secondary N) is 1. The number of carbonyl (C=O) groups excluding carboxylic acids is 1. The Bertz CT molecular complexity index is 737. The second-order valence-corrected chi connectivity index (χ2v) is 6.06. The van der Waals surface area contributed by atoms with Gasteiger partial charge in [0.25, 0.3) is 0 Å². The molecule has 0 saturated carbocycles. The van der Waals surface area contributed by atoms with Gasteiger partial charge in [0.2, 0.25) is 0 Å². The molecule has 1 N–H and O–H groups in total. The molecule has 0 saturated heterocycles. The standard InChI is InChI=1S/C20H24N2O3S/c1-4-25-19(23)15(2)22(14-16-10-6-5-7-11-16)20(26)21-17-12-8-9-13-18(17)24-3/h5-13,15H,4,14H2,1-3H3,(H,21,26). The van der Waals surface area contributed by atoms with E-state index in [-0.39, 0.29) is 5.97 Å². The van der Waals surface area contributed by atoms with Gasteiger partial charge in [-0.3, -0.25) is 0 Å². The van der Waals surface area contributed by atoms with Crippen molar-refractivity contribution in [3.05, 3.63) is 60.2 Å². The van der Waals surface area contributed by atoms with E-state index in [0.717, 1.165) is 11.3 Å². The molecule has 26 heavy (non-hydrogen) atoms. The predicted octanol–water partition coefficient (Wildman–Crippen LogP) is 3.85. The average molecular weight is 372 g/mol. The molecular weight excluding hydrogens is 348 g/mol. The van der Waals surface area contributed by atoms with Crippen LogP contribution in [0.3, 0.4) is 0 Å². The Morgan fingerprint density at radius 3 is 2.46 bits per heavy atom. The van der Waals surface area contributed by atoms with Gasteiger partial charge in [0.05, 0.1) is 19.4 Å². The third-order valence-corrected chi connectivity index (χ3v) is 4.24. The average Bonchev–Trinajstić information content (AvgIpc) is 2.67. The number of rotatable bonds is 7. The second kappa shape index (κ2) is 9.77. The Balaban J connectivity index is 2.23. The van der Waals surface area contributed by atoms with E-state index in [4.69, 9.17) is 21.7 Å². The van der Waals surface area contributed by atoms with Crippen LogP contribution < -0.4 is 10.1 Å². The van der Waals surface area contributed by atoms with Gasteiger partial charge in [-0.05, 0) is 43.8 Å². The number of benzene rings is 2. The van der Waals surface area contributed by atoms with Crippen molar-refractivity contribution in [1.82, 2.24) is 4.90 Å². The highest BCUT2D eigenvalue weighted by Crippen LogP contribution is 2.24. The zero-order valence-electron chi connectivity index (χ0n) is 15.3. The Morgan fingerprint density at radius 2 is 1.81 bits per heavy atom. The van der Waals surface area contributed by atoms with Crippen LogP contribution in [-0.4, -0.2) is 35.7 Å². The minimum Gasteiger partial charge on any atom is -0.495 e. The molecule has 2 aromatic rings. The molecule has 0 aliphatic rings. The van der Waals surface area contributed by atoms with Crippen LogP contribution in [0.5, 0.6) is 5.75 Å². The number of anilines is 1. The topological polar surface area (TPSA) is 50.8 Å². The summed E-state index contributed by atoms with van der Waals surface area (Å²) in [4.78, 5) is 14.1. The van der Waals surface area contributed by atoms with Crippen LogP contribution in [0.15, 0.2) is 54.6 Å². The van der Waals surface area contributed by atoms with Crippen LogP contribution in [0.4, 0.5) is 5.69 Å². The van der Waals surface area contributed by atoms with Crippen molar-refractivity contribution in [1.29, 1.82) is 0 Å². The molecule has 138 valence electrons. The zero-order valence-corrected chi connectivity index (χ0v) is 16.1. The largest absolute Gasteiger partial charge is 0.495 e. The van der Waals surface area contributed by atoms with Crippen molar-refractivity contribution in [3.63, 3.8) is 0 Å². The number of para-hydroxylation sites is 2. The monoisotopic (exact) mass is 372 g/mol. The molecule has 0 heterocycles. The lowest BCUT2D eigenvalue weighted by molar-refractivity contribution is -0.147. The van der Waals surface area contributed by atoms with Crippen LogP contribution in [-0.2, 0) is 16.1 Å². The first kappa shape index (κ1) is 19.7. The molecule has 0 radical (unpaired) electrons. The van der Waals surface area contributed by atoms with Crippen molar-refractivity contribution < 1.29 is 14.3 Å². The molecule has 0 amide bonds. The van der Waals surface area contributed by atoms with Gasteiger partial charge >= 0.3 is 5.97 Å². The molecule has 6 heteroatoms. The lowest BCUT2D eigenvalue weighted by Crippen LogP contribution is -2.45. The summed E-state index contributed by atoms with van der Waals surface area (Å²) in [5, 5.41) is 3.61. The highest BCUT2D eigenvalue weighted by atomic mass is 32.1. The van der Waals surface area contributed by atoms with Gasteiger partial charge in [-0.1, -0.05) is 42.5 Å². The lowest BCUT2D eigenvalue weighted by atomic mass is 10.2. The number of carbonyl (C=O) groups is 1. The lowest BCUT2D eigenvalue weighted by Gasteiger charge is -2.30. The molecule has 0 fully saturated rings. The fourth-order valence-electron chi connectivity index (χ4n) is 2.49. The highest BCUT2D eigenvalue weighted by Gasteiger charge is 2.25. The van der Waals surface area contributed by atoms with Crippen LogP contribution in [0.25, 0.3) is 0 Å².